The first-order valence-electron chi connectivity index (χ1n) is 15.3. The van der Waals surface area contributed by atoms with Gasteiger partial charge in [-0.2, -0.15) is 0 Å². The Kier molecular flexibility index (Phi) is 10.6. The number of hydrogen-bond acceptors (Lipinski definition) is 1. The molecule has 3 aliphatic carbocycles. The van der Waals surface area contributed by atoms with Crippen LogP contribution in [0.1, 0.15) is 168 Å². The van der Waals surface area contributed by atoms with Gasteiger partial charge in [-0.1, -0.05) is 110 Å². The Morgan fingerprint density at radius 3 is 1.79 bits per heavy atom. The van der Waals surface area contributed by atoms with Gasteiger partial charge < -0.3 is 5.11 Å². The van der Waals surface area contributed by atoms with E-state index in [1.165, 1.54) is 128 Å². The molecule has 0 spiro atoms. The summed E-state index contributed by atoms with van der Waals surface area (Å²) in [5, 5.41) is 10.7. The van der Waals surface area contributed by atoms with E-state index < -0.39 is 11.4 Å². The molecule has 0 aromatic carbocycles. The smallest absolute Gasteiger partial charge is 0.310 e. The van der Waals surface area contributed by atoms with Gasteiger partial charge in [0.2, 0.25) is 0 Å². The minimum atomic E-state index is -0.441. The van der Waals surface area contributed by atoms with Crippen LogP contribution < -0.4 is 0 Å². The van der Waals surface area contributed by atoms with Crippen molar-refractivity contribution in [3.05, 3.63) is 0 Å². The first kappa shape index (κ1) is 27.1. The van der Waals surface area contributed by atoms with Gasteiger partial charge in [0.1, 0.15) is 0 Å². The van der Waals surface area contributed by atoms with Crippen molar-refractivity contribution in [1.29, 1.82) is 0 Å². The fourth-order valence-electron chi connectivity index (χ4n) is 8.68. The Hall–Kier alpha value is -0.530. The topological polar surface area (TPSA) is 37.3 Å². The Morgan fingerprint density at radius 2 is 1.24 bits per heavy atom. The molecule has 0 amide bonds. The molecule has 0 aliphatic heterocycles. The molecule has 192 valence electrons. The zero-order valence-electron chi connectivity index (χ0n) is 22.4. The van der Waals surface area contributed by atoms with E-state index in [1.54, 1.807) is 0 Å². The van der Waals surface area contributed by atoms with E-state index >= 15 is 0 Å². The molecule has 3 fully saturated rings. The molecule has 0 saturated heterocycles. The molecule has 1 N–H and O–H groups in total. The standard InChI is InChI=1S/C31H56O2/c1-3-5-6-7-8-9-10-15-20-30(31(28(32)33)21-16-12-17-22-31)25-23-29(4-2,24-26-30)27-18-13-11-14-19-27/h27H,3-26H2,1-2H3,(H,32,33). The molecular formula is C31H56O2. The van der Waals surface area contributed by atoms with Crippen molar-refractivity contribution in [3.63, 3.8) is 0 Å². The lowest BCUT2D eigenvalue weighted by molar-refractivity contribution is -0.171. The Bertz CT molecular complexity index is 559. The maximum absolute atomic E-state index is 12.9. The monoisotopic (exact) mass is 460 g/mol. The highest BCUT2D eigenvalue weighted by Crippen LogP contribution is 2.64. The molecule has 3 saturated carbocycles. The minimum Gasteiger partial charge on any atom is -0.481 e. The van der Waals surface area contributed by atoms with Crippen LogP contribution in [0.15, 0.2) is 0 Å². The van der Waals surface area contributed by atoms with E-state index in [-0.39, 0.29) is 5.41 Å². The van der Waals surface area contributed by atoms with Gasteiger partial charge in [-0.15, -0.1) is 0 Å². The zero-order valence-corrected chi connectivity index (χ0v) is 22.4. The van der Waals surface area contributed by atoms with Crippen molar-refractivity contribution in [2.24, 2.45) is 22.2 Å². The van der Waals surface area contributed by atoms with Gasteiger partial charge in [0.05, 0.1) is 5.41 Å². The molecule has 2 nitrogen and oxygen atoms in total. The van der Waals surface area contributed by atoms with Crippen LogP contribution in [0.4, 0.5) is 0 Å². The lowest BCUT2D eigenvalue weighted by Gasteiger charge is -2.57. The summed E-state index contributed by atoms with van der Waals surface area (Å²) in [4.78, 5) is 12.9. The molecule has 0 radical (unpaired) electrons. The second-order valence-electron chi connectivity index (χ2n) is 12.5. The molecule has 3 rings (SSSR count). The molecule has 0 atom stereocenters. The van der Waals surface area contributed by atoms with Crippen LogP contribution in [0.3, 0.4) is 0 Å². The number of carboxylic acid groups (broad SMARTS) is 1. The third-order valence-corrected chi connectivity index (χ3v) is 11.0. The average molecular weight is 461 g/mol. The minimum absolute atomic E-state index is 0.0643. The van der Waals surface area contributed by atoms with Gasteiger partial charge in [-0.3, -0.25) is 4.79 Å². The zero-order chi connectivity index (χ0) is 23.6. The Balaban J connectivity index is 1.68. The summed E-state index contributed by atoms with van der Waals surface area (Å²) in [7, 11) is 0. The molecule has 0 aromatic rings. The van der Waals surface area contributed by atoms with Crippen LogP contribution in [0.25, 0.3) is 0 Å². The van der Waals surface area contributed by atoms with Crippen molar-refractivity contribution in [2.75, 3.05) is 0 Å². The lowest BCUT2D eigenvalue weighted by atomic mass is 9.46. The number of carbonyl (C=O) groups is 1. The summed E-state index contributed by atoms with van der Waals surface area (Å²) in [5.74, 6) is 0.466. The van der Waals surface area contributed by atoms with Crippen LogP contribution in [-0.4, -0.2) is 11.1 Å². The van der Waals surface area contributed by atoms with E-state index in [4.69, 9.17) is 0 Å². The molecule has 3 aliphatic rings. The predicted molar refractivity (Wildman–Crippen MR) is 141 cm³/mol. The van der Waals surface area contributed by atoms with Gasteiger partial charge in [0, 0.05) is 0 Å². The van der Waals surface area contributed by atoms with E-state index in [0.717, 1.165) is 31.6 Å². The normalized spacial score (nSPS) is 30.8. The summed E-state index contributed by atoms with van der Waals surface area (Å²) >= 11 is 0. The molecule has 33 heavy (non-hydrogen) atoms. The molecule has 0 unspecified atom stereocenters. The molecule has 0 heterocycles. The lowest BCUT2D eigenvalue weighted by Crippen LogP contribution is -2.53. The van der Waals surface area contributed by atoms with E-state index in [0.29, 0.717) is 5.41 Å². The van der Waals surface area contributed by atoms with Crippen LogP contribution in [0, 0.1) is 22.2 Å². The van der Waals surface area contributed by atoms with Crippen molar-refractivity contribution >= 4 is 5.97 Å². The highest BCUT2D eigenvalue weighted by Gasteiger charge is 2.58. The van der Waals surface area contributed by atoms with E-state index in [2.05, 4.69) is 13.8 Å². The van der Waals surface area contributed by atoms with Gasteiger partial charge in [-0.25, -0.2) is 0 Å². The van der Waals surface area contributed by atoms with Gasteiger partial charge in [-0.05, 0) is 74.5 Å². The maximum atomic E-state index is 12.9. The Labute approximate surface area is 206 Å². The molecule has 2 heteroatoms. The Morgan fingerprint density at radius 1 is 0.697 bits per heavy atom. The third-order valence-electron chi connectivity index (χ3n) is 11.0. The largest absolute Gasteiger partial charge is 0.481 e. The van der Waals surface area contributed by atoms with Crippen molar-refractivity contribution in [3.8, 4) is 0 Å². The maximum Gasteiger partial charge on any atom is 0.310 e. The molecule has 0 bridgehead atoms. The number of aliphatic carboxylic acids is 1. The van der Waals surface area contributed by atoms with Gasteiger partial charge in [0.25, 0.3) is 0 Å². The van der Waals surface area contributed by atoms with Crippen molar-refractivity contribution in [2.45, 2.75) is 168 Å². The molecule has 0 aromatic heterocycles. The summed E-state index contributed by atoms with van der Waals surface area (Å²) in [6.45, 7) is 4.72. The summed E-state index contributed by atoms with van der Waals surface area (Å²) in [6.07, 6.45) is 30.8. The third kappa shape index (κ3) is 6.19. The fraction of sp³-hybridized carbons (Fsp3) is 0.968. The van der Waals surface area contributed by atoms with Gasteiger partial charge >= 0.3 is 5.97 Å². The van der Waals surface area contributed by atoms with Crippen LogP contribution in [0.2, 0.25) is 0 Å². The first-order valence-corrected chi connectivity index (χ1v) is 15.3. The number of hydrogen-bond donors (Lipinski definition) is 1. The average Bonchev–Trinajstić information content (AvgIpc) is 2.87. The van der Waals surface area contributed by atoms with Crippen LogP contribution >= 0.6 is 0 Å². The highest BCUT2D eigenvalue weighted by atomic mass is 16.4. The number of carboxylic acids is 1. The molecular weight excluding hydrogens is 404 g/mol. The van der Waals surface area contributed by atoms with Crippen molar-refractivity contribution < 1.29 is 9.90 Å². The fourth-order valence-corrected chi connectivity index (χ4v) is 8.68. The predicted octanol–water partition coefficient (Wildman–Crippen LogP) is 10.1. The van der Waals surface area contributed by atoms with Crippen molar-refractivity contribution in [1.82, 2.24) is 0 Å². The second kappa shape index (κ2) is 13.0. The van der Waals surface area contributed by atoms with E-state index in [1.807, 2.05) is 0 Å². The number of unbranched alkanes of at least 4 members (excludes halogenated alkanes) is 7. The van der Waals surface area contributed by atoms with Crippen LogP contribution in [0.5, 0.6) is 0 Å². The highest BCUT2D eigenvalue weighted by molar-refractivity contribution is 5.76. The van der Waals surface area contributed by atoms with Crippen LogP contribution in [-0.2, 0) is 4.79 Å². The quantitative estimate of drug-likeness (QED) is 0.277. The summed E-state index contributed by atoms with van der Waals surface area (Å²) < 4.78 is 0. The first-order chi connectivity index (χ1) is 16.0. The van der Waals surface area contributed by atoms with Gasteiger partial charge in [0.15, 0.2) is 0 Å². The summed E-state index contributed by atoms with van der Waals surface area (Å²) in [5.41, 5.74) is 0.144. The SMILES string of the molecule is CCCCCCCCCCC1(C2(C(=O)O)CCCCC2)CCC(CC)(C2CCCCC2)CC1. The van der Waals surface area contributed by atoms with E-state index in [9.17, 15) is 9.90 Å². The second-order valence-corrected chi connectivity index (χ2v) is 12.5. The summed E-state index contributed by atoms with van der Waals surface area (Å²) in [6, 6.07) is 0. The number of rotatable bonds is 13.